The molecule has 2 aliphatic carbocycles. The van der Waals surface area contributed by atoms with Gasteiger partial charge in [-0.1, -0.05) is 71.3 Å². The van der Waals surface area contributed by atoms with Crippen LogP contribution in [-0.2, 0) is 27.2 Å². The molecule has 8 aliphatic rings. The largest absolute Gasteiger partial charge is 1.00 e. The molecule has 19 nitrogen and oxygen atoms in total. The third kappa shape index (κ3) is 23.0. The molecular weight excluding hydrogens is 1760 g/mol. The topological polar surface area (TPSA) is 131 Å². The zero-order valence-corrected chi connectivity index (χ0v) is 84.7. The number of amides is 3. The highest BCUT2D eigenvalue weighted by molar-refractivity contribution is 8.00. The number of fused-ring (bicyclic) bond motifs is 12. The van der Waals surface area contributed by atoms with Gasteiger partial charge < -0.3 is 74.2 Å². The Bertz CT molecular complexity index is 6310. The van der Waals surface area contributed by atoms with E-state index in [-0.39, 0.29) is 42.5 Å². The molecular formula is C102H116Cl2N16O3S6. The van der Waals surface area contributed by atoms with Crippen molar-refractivity contribution in [3.05, 3.63) is 251 Å². The Morgan fingerprint density at radius 2 is 0.581 bits per heavy atom. The lowest BCUT2D eigenvalue weighted by atomic mass is 10.0. The number of carbonyl (C=O) groups is 3. The Hall–Kier alpha value is -11.1. The van der Waals surface area contributed by atoms with Crippen LogP contribution in [-0.4, -0.2) is 183 Å². The van der Waals surface area contributed by atoms with Gasteiger partial charge in [0, 0.05) is 268 Å². The van der Waals surface area contributed by atoms with E-state index in [4.69, 9.17) is 9.97 Å². The molecule has 6 aliphatic heterocycles. The fourth-order valence-electron chi connectivity index (χ4n) is 14.6. The first-order valence-corrected chi connectivity index (χ1v) is 46.8. The molecule has 6 heterocycles. The number of rotatable bonds is 10. The maximum Gasteiger partial charge on any atom is 0.228 e. The van der Waals surface area contributed by atoms with Gasteiger partial charge >= 0.3 is 0 Å². The first-order valence-electron chi connectivity index (χ1n) is 41.9. The van der Waals surface area contributed by atoms with Crippen LogP contribution >= 0.6 is 69.7 Å². The quantitative estimate of drug-likeness (QED) is 0.103. The van der Waals surface area contributed by atoms with Crippen LogP contribution in [0.2, 0.25) is 0 Å². The Morgan fingerprint density at radius 3 is 0.876 bits per heavy atom. The molecule has 10 aromatic rings. The molecule has 0 fully saturated rings. The fraction of sp³-hybridized carbons (Fsp3) is 0.265. The zero-order valence-electron chi connectivity index (χ0n) is 78.3. The van der Waals surface area contributed by atoms with E-state index in [9.17, 15) is 14.4 Å². The van der Waals surface area contributed by atoms with Crippen LogP contribution in [0.4, 0.5) is 79.6 Å². The van der Waals surface area contributed by atoms with E-state index in [2.05, 4.69) is 323 Å². The normalized spacial score (nSPS) is 11.8. The second kappa shape index (κ2) is 42.6. The van der Waals surface area contributed by atoms with Crippen molar-refractivity contribution < 1.29 is 39.2 Å². The van der Waals surface area contributed by atoms with E-state index in [1.165, 1.54) is 113 Å². The zero-order chi connectivity index (χ0) is 91.3. The molecule has 3 amide bonds. The smallest absolute Gasteiger partial charge is 0.228 e. The van der Waals surface area contributed by atoms with Crippen LogP contribution in [0.3, 0.4) is 0 Å². The summed E-state index contributed by atoms with van der Waals surface area (Å²) in [7, 11) is 44.8. The highest BCUT2D eigenvalue weighted by Gasteiger charge is 2.30. The highest BCUT2D eigenvalue weighted by atomic mass is 35.5. The van der Waals surface area contributed by atoms with Crippen molar-refractivity contribution in [1.82, 2.24) is 19.1 Å². The predicted octanol–water partition coefficient (Wildman–Crippen LogP) is 14.6. The number of anilines is 14. The Labute approximate surface area is 798 Å². The Balaban J connectivity index is 0.000000150. The lowest BCUT2D eigenvalue weighted by Crippen LogP contribution is -3.00. The minimum atomic E-state index is -0.0342. The third-order valence-electron chi connectivity index (χ3n) is 22.2. The van der Waals surface area contributed by atoms with E-state index in [0.29, 0.717) is 0 Å². The van der Waals surface area contributed by atoms with Gasteiger partial charge in [0.1, 0.15) is 28.2 Å². The van der Waals surface area contributed by atoms with Crippen molar-refractivity contribution in [3.63, 3.8) is 0 Å². The van der Waals surface area contributed by atoms with Crippen LogP contribution in [0, 0.1) is 0 Å². The van der Waals surface area contributed by atoms with Crippen LogP contribution in [0.1, 0.15) is 43.0 Å². The molecule has 0 spiro atoms. The first-order chi connectivity index (χ1) is 60.5. The van der Waals surface area contributed by atoms with E-state index >= 15 is 0 Å². The molecule has 0 unspecified atom stereocenters. The molecule has 0 bridgehead atoms. The number of hydrogen-bond acceptors (Lipinski definition) is 20. The van der Waals surface area contributed by atoms with Gasteiger partial charge in [-0.3, -0.25) is 24.2 Å². The van der Waals surface area contributed by atoms with E-state index in [1.807, 2.05) is 120 Å². The number of benzene rings is 12. The number of carbonyl (C=O) groups excluding carboxylic acids is 3. The highest BCUT2D eigenvalue weighted by Crippen LogP contribution is 2.53. The van der Waals surface area contributed by atoms with Gasteiger partial charge in [0.25, 0.3) is 0 Å². The van der Waals surface area contributed by atoms with Crippen LogP contribution < -0.4 is 104 Å². The van der Waals surface area contributed by atoms with Gasteiger partial charge in [-0.25, -0.2) is 19.1 Å². The number of halogens is 2. The van der Waals surface area contributed by atoms with E-state index in [0.717, 1.165) is 100 Å². The summed E-state index contributed by atoms with van der Waals surface area (Å²) < 4.78 is 6.68. The van der Waals surface area contributed by atoms with Gasteiger partial charge in [-0.2, -0.15) is 0 Å². The minimum Gasteiger partial charge on any atom is -1.00 e. The summed E-state index contributed by atoms with van der Waals surface area (Å²) in [5.41, 5.74) is 25.2. The van der Waals surface area contributed by atoms with Crippen molar-refractivity contribution >= 4 is 187 Å². The molecule has 0 saturated heterocycles. The summed E-state index contributed by atoms with van der Waals surface area (Å²) in [5.74, 6) is -0.0319. The lowest BCUT2D eigenvalue weighted by Gasteiger charge is -2.32. The summed E-state index contributed by atoms with van der Waals surface area (Å²) in [6.45, 7) is 4.72. The molecule has 0 atom stereocenters. The molecule has 0 saturated carbocycles. The van der Waals surface area contributed by atoms with E-state index in [1.54, 1.807) is 81.8 Å². The second-order valence-corrected chi connectivity index (χ2v) is 40.1. The standard InChI is InChI=1S/C19H21N3O2S.C18H21N3OS.C17H20N2S.2C16H18N3S.C16H18N2S.2ClH/c1-12(23)21(5)15-7-9-17-19(11-15)25-18-10-14(20(3)4)6-8-16(18)22(17)13(2)24;1-12(22)21-15-8-6-13(19(2)3)10-17(15)23-18-11-14(20(4)5)7-9-16(18)21;1-18(2)14-7-5-12-9-13-6-8-15(19(3)4)11-17(13)20-16(12)10-14;2*1-18(2)11-5-7-13-15(9-11)20-16-10-12(19(3)4)6-8-14(16)17-13;1-17-13-6-4-11-8-12-5-7-14(18(2)3)10-16(12)19-15(11)9-13;;/h6-11H,1-5H3;6-11H,1-5H3;5-8,10-11H,9H2,1-4H3;2*5-10H,1-4H3;4-7,9-10,17H,8H2,1-3H3;2*1H/q;;;2*+1;;;/p-2. The van der Waals surface area contributed by atoms with Crippen molar-refractivity contribution in [1.29, 1.82) is 0 Å². The summed E-state index contributed by atoms with van der Waals surface area (Å²) in [5, 5.41) is 5.62. The minimum absolute atomic E-state index is 0. The maximum absolute atomic E-state index is 12.3. The number of nitrogens with one attached hydrogen (secondary N) is 1. The van der Waals surface area contributed by atoms with Crippen molar-refractivity contribution in [2.75, 3.05) is 214 Å². The van der Waals surface area contributed by atoms with Crippen LogP contribution in [0.5, 0.6) is 0 Å². The van der Waals surface area contributed by atoms with Gasteiger partial charge in [0.2, 0.25) is 28.4 Å². The monoisotopic (exact) mass is 1870 g/mol. The lowest BCUT2D eigenvalue weighted by molar-refractivity contribution is -0.117. The van der Waals surface area contributed by atoms with Gasteiger partial charge in [-0.15, -0.1) is 22.7 Å². The molecule has 10 aromatic carbocycles. The number of nitrogens with zero attached hydrogens (tertiary/aromatic N) is 15. The predicted molar refractivity (Wildman–Crippen MR) is 549 cm³/mol. The fourth-order valence-corrected chi connectivity index (χ4v) is 21.2. The van der Waals surface area contributed by atoms with Crippen molar-refractivity contribution in [2.24, 2.45) is 0 Å². The Kier molecular flexibility index (Phi) is 32.5. The summed E-state index contributed by atoms with van der Waals surface area (Å²) in [6.07, 6.45) is 2.08. The molecule has 0 aromatic heterocycles. The average molecular weight is 1880 g/mol. The maximum atomic E-state index is 12.3. The molecule has 672 valence electrons. The number of aromatic nitrogens is 2. The SMILES string of the molecule is CC(=O)N(C)c1ccc2c(c1)Sc1cc(N(C)C)ccc1N2C(C)=O.CC(=O)N1c2ccc(N(C)C)cc2Sc2cc(N(C)C)ccc21.CN(C)c1ccc2c(c1)Sc1cc(N(C)C)ccc1C2.CN(C)c1ccc2nc3ccc(=[N+](C)C)cc-3sc2c1.CN(C)c1ccc2nc3ccc(=[N+](C)C)cc-3sc2c1.CNc1ccc2c(c1)Sc1cc(N(C)C)ccc1C2.[Cl-].[Cl-]. The van der Waals surface area contributed by atoms with Crippen LogP contribution in [0.15, 0.2) is 258 Å². The van der Waals surface area contributed by atoms with Gasteiger partial charge in [-0.05, 0) is 205 Å². The van der Waals surface area contributed by atoms with E-state index < -0.39 is 0 Å². The molecule has 129 heavy (non-hydrogen) atoms. The molecule has 27 heteroatoms. The van der Waals surface area contributed by atoms with Gasteiger partial charge in [0.15, 0.2) is 0 Å². The molecule has 1 N–H and O–H groups in total. The molecule has 18 rings (SSSR count). The summed E-state index contributed by atoms with van der Waals surface area (Å²) >= 11 is 10.7. The molecule has 0 radical (unpaired) electrons. The average Bonchev–Trinajstić information content (AvgIpc) is 0.758. The van der Waals surface area contributed by atoms with Crippen molar-refractivity contribution in [2.45, 2.75) is 72.8 Å². The van der Waals surface area contributed by atoms with Gasteiger partial charge in [0.05, 0.1) is 64.3 Å². The summed E-state index contributed by atoms with van der Waals surface area (Å²) in [4.78, 5) is 79.9. The summed E-state index contributed by atoms with van der Waals surface area (Å²) in [6, 6.07) is 76.8. The number of hydrogen-bond donors (Lipinski definition) is 1. The van der Waals surface area contributed by atoms with Crippen molar-refractivity contribution in [3.8, 4) is 21.1 Å². The third-order valence-corrected chi connectivity index (χ3v) is 29.0. The second-order valence-electron chi connectivity index (χ2n) is 33.6. The first kappa shape index (κ1) is 98.5. The Morgan fingerprint density at radius 1 is 0.318 bits per heavy atom. The van der Waals surface area contributed by atoms with Crippen LogP contribution in [0.25, 0.3) is 41.6 Å².